The van der Waals surface area contributed by atoms with Gasteiger partial charge in [-0.3, -0.25) is 0 Å². The molecule has 0 aromatic heterocycles. The zero-order chi connectivity index (χ0) is 14.4. The van der Waals surface area contributed by atoms with E-state index in [1.54, 1.807) is 0 Å². The van der Waals surface area contributed by atoms with Crippen LogP contribution in [0.4, 0.5) is 0 Å². The lowest BCUT2D eigenvalue weighted by Crippen LogP contribution is -2.25. The van der Waals surface area contributed by atoms with E-state index in [-0.39, 0.29) is 0 Å². The van der Waals surface area contributed by atoms with Crippen LogP contribution in [0.1, 0.15) is 49.7 Å². The minimum atomic E-state index is 0.329. The first-order chi connectivity index (χ1) is 9.74. The highest BCUT2D eigenvalue weighted by atomic mass is 16.5. The fourth-order valence-electron chi connectivity index (χ4n) is 3.11. The lowest BCUT2D eigenvalue weighted by molar-refractivity contribution is 0.0269. The van der Waals surface area contributed by atoms with Crippen molar-refractivity contribution in [2.24, 2.45) is 5.92 Å². The van der Waals surface area contributed by atoms with Gasteiger partial charge in [0.05, 0.1) is 24.3 Å². The predicted molar refractivity (Wildman–Crippen MR) is 81.5 cm³/mol. The maximum absolute atomic E-state index is 8.83. The number of hydrogen-bond donors (Lipinski definition) is 0. The fourth-order valence-corrected chi connectivity index (χ4v) is 3.11. The minimum absolute atomic E-state index is 0.329. The van der Waals surface area contributed by atoms with Gasteiger partial charge < -0.3 is 4.74 Å². The van der Waals surface area contributed by atoms with E-state index in [9.17, 15) is 0 Å². The molecule has 1 aromatic rings. The summed E-state index contributed by atoms with van der Waals surface area (Å²) >= 11 is 0. The second kappa shape index (κ2) is 7.26. The van der Waals surface area contributed by atoms with Crippen molar-refractivity contribution in [3.05, 3.63) is 48.0 Å². The molecule has 1 aliphatic rings. The Morgan fingerprint density at radius 1 is 1.30 bits per heavy atom. The Labute approximate surface area is 122 Å². The quantitative estimate of drug-likeness (QED) is 0.741. The van der Waals surface area contributed by atoms with E-state index in [4.69, 9.17) is 10.00 Å². The number of rotatable bonds is 5. The van der Waals surface area contributed by atoms with Gasteiger partial charge in [-0.05, 0) is 62.1 Å². The van der Waals surface area contributed by atoms with Crippen LogP contribution in [0.2, 0.25) is 0 Å². The number of nitriles is 1. The van der Waals surface area contributed by atoms with Gasteiger partial charge in [0.15, 0.2) is 0 Å². The van der Waals surface area contributed by atoms with E-state index in [0.29, 0.717) is 24.5 Å². The molecule has 1 fully saturated rings. The summed E-state index contributed by atoms with van der Waals surface area (Å²) in [6, 6.07) is 10.3. The summed E-state index contributed by atoms with van der Waals surface area (Å²) in [7, 11) is 0. The molecule has 2 nitrogen and oxygen atoms in total. The predicted octanol–water partition coefficient (Wildman–Crippen LogP) is 4.42. The Hall–Kier alpha value is -1.59. The average molecular weight is 269 g/mol. The van der Waals surface area contributed by atoms with Gasteiger partial charge in [-0.2, -0.15) is 5.26 Å². The van der Waals surface area contributed by atoms with Crippen LogP contribution in [0, 0.1) is 17.2 Å². The summed E-state index contributed by atoms with van der Waals surface area (Å²) in [5, 5.41) is 8.83. The summed E-state index contributed by atoms with van der Waals surface area (Å²) < 4.78 is 5.75. The fraction of sp³-hybridized carbons (Fsp3) is 0.500. The third kappa shape index (κ3) is 3.71. The number of hydrogen-bond acceptors (Lipinski definition) is 2. The zero-order valence-corrected chi connectivity index (χ0v) is 12.2. The Kier molecular flexibility index (Phi) is 5.38. The zero-order valence-electron chi connectivity index (χ0n) is 12.2. The van der Waals surface area contributed by atoms with Gasteiger partial charge in [-0.1, -0.05) is 18.2 Å². The normalized spacial score (nSPS) is 23.8. The number of nitrogens with zero attached hydrogens (tertiary/aromatic N) is 1. The van der Waals surface area contributed by atoms with Crippen molar-refractivity contribution in [2.75, 3.05) is 6.61 Å². The molecule has 2 heteroatoms. The maximum Gasteiger partial charge on any atom is 0.0991 e. The van der Waals surface area contributed by atoms with E-state index in [1.165, 1.54) is 31.2 Å². The Balaban J connectivity index is 1.87. The Morgan fingerprint density at radius 3 is 2.50 bits per heavy atom. The summed E-state index contributed by atoms with van der Waals surface area (Å²) in [6.07, 6.45) is 7.04. The molecule has 2 rings (SSSR count). The number of ether oxygens (including phenoxy) is 1. The van der Waals surface area contributed by atoms with E-state index in [1.807, 2.05) is 18.2 Å². The molecule has 0 amide bonds. The van der Waals surface area contributed by atoms with Crippen molar-refractivity contribution >= 4 is 0 Å². The van der Waals surface area contributed by atoms with Crippen LogP contribution in [-0.2, 0) is 4.74 Å². The van der Waals surface area contributed by atoms with Crippen molar-refractivity contribution in [1.29, 1.82) is 5.26 Å². The highest BCUT2D eigenvalue weighted by Gasteiger charge is 2.26. The molecular weight excluding hydrogens is 246 g/mol. The van der Waals surface area contributed by atoms with Crippen molar-refractivity contribution in [3.63, 3.8) is 0 Å². The molecule has 0 spiro atoms. The summed E-state index contributed by atoms with van der Waals surface area (Å²) in [5.74, 6) is 1.31. The van der Waals surface area contributed by atoms with Crippen LogP contribution in [0.15, 0.2) is 36.9 Å². The van der Waals surface area contributed by atoms with Gasteiger partial charge in [-0.25, -0.2) is 0 Å². The van der Waals surface area contributed by atoms with Crippen LogP contribution < -0.4 is 0 Å². The van der Waals surface area contributed by atoms with E-state index in [2.05, 4.69) is 31.7 Å². The van der Waals surface area contributed by atoms with E-state index in [0.717, 1.165) is 5.56 Å². The van der Waals surface area contributed by atoms with Gasteiger partial charge in [0.25, 0.3) is 0 Å². The third-order valence-electron chi connectivity index (χ3n) is 4.42. The van der Waals surface area contributed by atoms with Crippen LogP contribution in [0.25, 0.3) is 0 Å². The molecule has 0 heterocycles. The van der Waals surface area contributed by atoms with E-state index < -0.39 is 0 Å². The SMILES string of the molecule is C=CCOC(C)C1CCC(c2ccc(C#N)cc2)CC1. The number of benzene rings is 1. The first kappa shape index (κ1) is 14.8. The van der Waals surface area contributed by atoms with Crippen LogP contribution in [0.5, 0.6) is 0 Å². The molecule has 0 radical (unpaired) electrons. The standard InChI is InChI=1S/C18H23NO/c1-3-12-20-14(2)16-8-10-18(11-9-16)17-6-4-15(13-19)5-7-17/h3-7,14,16,18H,1,8-12H2,2H3. The first-order valence-corrected chi connectivity index (χ1v) is 7.47. The van der Waals surface area contributed by atoms with Gasteiger partial charge in [0.2, 0.25) is 0 Å². The molecule has 0 saturated heterocycles. The van der Waals surface area contributed by atoms with Crippen molar-refractivity contribution in [1.82, 2.24) is 0 Å². The monoisotopic (exact) mass is 269 g/mol. The van der Waals surface area contributed by atoms with E-state index >= 15 is 0 Å². The van der Waals surface area contributed by atoms with Gasteiger partial charge in [-0.15, -0.1) is 6.58 Å². The molecular formula is C18H23NO. The third-order valence-corrected chi connectivity index (χ3v) is 4.42. The minimum Gasteiger partial charge on any atom is -0.374 e. The van der Waals surface area contributed by atoms with Crippen molar-refractivity contribution in [2.45, 2.75) is 44.6 Å². The average Bonchev–Trinajstić information content (AvgIpc) is 2.53. The highest BCUT2D eigenvalue weighted by molar-refractivity contribution is 5.33. The molecule has 1 saturated carbocycles. The largest absolute Gasteiger partial charge is 0.374 e. The van der Waals surface area contributed by atoms with Crippen LogP contribution in [0.3, 0.4) is 0 Å². The summed E-state index contributed by atoms with van der Waals surface area (Å²) in [4.78, 5) is 0. The molecule has 0 bridgehead atoms. The van der Waals surface area contributed by atoms with Gasteiger partial charge in [0.1, 0.15) is 0 Å². The molecule has 20 heavy (non-hydrogen) atoms. The topological polar surface area (TPSA) is 33.0 Å². The molecule has 1 unspecified atom stereocenters. The Morgan fingerprint density at radius 2 is 1.95 bits per heavy atom. The molecule has 1 aromatic carbocycles. The van der Waals surface area contributed by atoms with Gasteiger partial charge in [0, 0.05) is 0 Å². The smallest absolute Gasteiger partial charge is 0.0991 e. The lowest BCUT2D eigenvalue weighted by atomic mass is 9.77. The molecule has 0 aliphatic heterocycles. The highest BCUT2D eigenvalue weighted by Crippen LogP contribution is 2.37. The van der Waals surface area contributed by atoms with Crippen molar-refractivity contribution in [3.8, 4) is 6.07 Å². The van der Waals surface area contributed by atoms with Gasteiger partial charge >= 0.3 is 0 Å². The first-order valence-electron chi connectivity index (χ1n) is 7.47. The Bertz CT molecular complexity index is 463. The molecule has 1 atom stereocenters. The maximum atomic E-state index is 8.83. The second-order valence-corrected chi connectivity index (χ2v) is 5.67. The van der Waals surface area contributed by atoms with Crippen LogP contribution >= 0.6 is 0 Å². The molecule has 106 valence electrons. The molecule has 0 N–H and O–H groups in total. The summed E-state index contributed by atoms with van der Waals surface area (Å²) in [6.45, 7) is 6.52. The lowest BCUT2D eigenvalue weighted by Gasteiger charge is -2.32. The summed E-state index contributed by atoms with van der Waals surface area (Å²) in [5.41, 5.74) is 2.12. The van der Waals surface area contributed by atoms with Crippen LogP contribution in [-0.4, -0.2) is 12.7 Å². The molecule has 1 aliphatic carbocycles. The second-order valence-electron chi connectivity index (χ2n) is 5.67. The van der Waals surface area contributed by atoms with Crippen molar-refractivity contribution < 1.29 is 4.74 Å².